The summed E-state index contributed by atoms with van der Waals surface area (Å²) in [5.74, 6) is -0.334. The number of alkyl halides is 3. The average Bonchev–Trinajstić information content (AvgIpc) is 2.89. The molecule has 2 aromatic carbocycles. The highest BCUT2D eigenvalue weighted by Gasteiger charge is 2.30. The van der Waals surface area contributed by atoms with Crippen molar-refractivity contribution in [3.05, 3.63) is 112 Å². The Bertz CT molecular complexity index is 1650. The van der Waals surface area contributed by atoms with Crippen LogP contribution in [0.25, 0.3) is 27.5 Å². The quantitative estimate of drug-likeness (QED) is 0.342. The molecule has 1 amide bonds. The molecule has 0 saturated heterocycles. The fraction of sp³-hybridized carbons (Fsp3) is 0.111. The Balaban J connectivity index is 1.63. The molecule has 1 N–H and O–H groups in total. The number of fused-ring (bicyclic) bond motifs is 3. The first-order chi connectivity index (χ1) is 17.2. The minimum atomic E-state index is -4.49. The number of carbonyl (C=O) groups is 1. The van der Waals surface area contributed by atoms with E-state index in [-0.39, 0.29) is 23.2 Å². The van der Waals surface area contributed by atoms with E-state index >= 15 is 0 Å². The summed E-state index contributed by atoms with van der Waals surface area (Å²) < 4.78 is 40.5. The number of carbonyl (C=O) groups excluding carboxylic acids is 1. The zero-order valence-corrected chi connectivity index (χ0v) is 19.0. The molecule has 1 atom stereocenters. The van der Waals surface area contributed by atoms with Crippen LogP contribution in [0.2, 0.25) is 0 Å². The third-order valence-electron chi connectivity index (χ3n) is 5.94. The van der Waals surface area contributed by atoms with Crippen LogP contribution in [0.1, 0.15) is 34.6 Å². The smallest absolute Gasteiger partial charge is 0.344 e. The van der Waals surface area contributed by atoms with Crippen molar-refractivity contribution in [1.82, 2.24) is 19.9 Å². The predicted molar refractivity (Wildman–Crippen MR) is 130 cm³/mol. The molecular weight excluding hydrogens is 469 g/mol. The van der Waals surface area contributed by atoms with Crippen LogP contribution in [0.15, 0.2) is 90.0 Å². The lowest BCUT2D eigenvalue weighted by Crippen LogP contribution is -2.27. The molecule has 36 heavy (non-hydrogen) atoms. The van der Waals surface area contributed by atoms with Crippen molar-refractivity contribution >= 4 is 27.7 Å². The van der Waals surface area contributed by atoms with Gasteiger partial charge in [-0.25, -0.2) is 0 Å². The second kappa shape index (κ2) is 8.92. The molecule has 6 nitrogen and oxygen atoms in total. The van der Waals surface area contributed by atoms with Gasteiger partial charge in [-0.15, -0.1) is 0 Å². The van der Waals surface area contributed by atoms with Gasteiger partial charge in [-0.3, -0.25) is 24.1 Å². The van der Waals surface area contributed by atoms with E-state index in [1.807, 2.05) is 19.1 Å². The zero-order valence-electron chi connectivity index (χ0n) is 19.0. The Labute approximate surface area is 203 Å². The van der Waals surface area contributed by atoms with Gasteiger partial charge in [0.25, 0.3) is 11.5 Å². The molecule has 5 rings (SSSR count). The standard InChI is InChI=1S/C27H19F3N4O2/c1-16(22-6-2-3-13-31-22)33-25(35)17-7-12-23-21(15-17)20-5-4-14-32-24(20)26(36)34(23)19-10-8-18(9-11-19)27(28,29)30/h2-16H,1H3,(H,33,35)/t16-/m0/s1. The topological polar surface area (TPSA) is 76.9 Å². The van der Waals surface area contributed by atoms with E-state index in [9.17, 15) is 22.8 Å². The molecule has 0 aliphatic carbocycles. The van der Waals surface area contributed by atoms with Gasteiger partial charge in [0.1, 0.15) is 5.52 Å². The van der Waals surface area contributed by atoms with Gasteiger partial charge in [0.05, 0.1) is 22.8 Å². The van der Waals surface area contributed by atoms with E-state index in [4.69, 9.17) is 0 Å². The van der Waals surface area contributed by atoms with Crippen molar-refractivity contribution in [2.45, 2.75) is 19.1 Å². The summed E-state index contributed by atoms with van der Waals surface area (Å²) in [5.41, 5.74) is 0.609. The Morgan fingerprint density at radius 1 is 0.917 bits per heavy atom. The first kappa shape index (κ1) is 23.2. The Morgan fingerprint density at radius 2 is 1.67 bits per heavy atom. The van der Waals surface area contributed by atoms with Crippen molar-refractivity contribution < 1.29 is 18.0 Å². The van der Waals surface area contributed by atoms with Crippen molar-refractivity contribution in [3.8, 4) is 5.69 Å². The Hall–Kier alpha value is -4.53. The number of hydrogen-bond acceptors (Lipinski definition) is 4. The second-order valence-corrected chi connectivity index (χ2v) is 8.27. The van der Waals surface area contributed by atoms with Gasteiger partial charge in [0, 0.05) is 34.4 Å². The van der Waals surface area contributed by atoms with E-state index < -0.39 is 17.3 Å². The molecule has 3 aromatic heterocycles. The van der Waals surface area contributed by atoms with Crippen LogP contribution in [0.4, 0.5) is 13.2 Å². The predicted octanol–water partition coefficient (Wildman–Crippen LogP) is 5.44. The lowest BCUT2D eigenvalue weighted by atomic mass is 10.0. The van der Waals surface area contributed by atoms with E-state index in [1.165, 1.54) is 22.9 Å². The summed E-state index contributed by atoms with van der Waals surface area (Å²) in [5, 5.41) is 4.01. The van der Waals surface area contributed by atoms with Crippen molar-refractivity contribution in [2.75, 3.05) is 0 Å². The Kier molecular flexibility index (Phi) is 5.75. The fourth-order valence-corrected chi connectivity index (χ4v) is 4.14. The van der Waals surface area contributed by atoms with Crippen LogP contribution in [0.3, 0.4) is 0 Å². The van der Waals surface area contributed by atoms with E-state index in [0.29, 0.717) is 27.5 Å². The number of nitrogens with zero attached hydrogens (tertiary/aromatic N) is 3. The van der Waals surface area contributed by atoms with Gasteiger partial charge < -0.3 is 5.32 Å². The number of benzene rings is 2. The normalized spacial score (nSPS) is 12.6. The average molecular weight is 488 g/mol. The molecule has 0 radical (unpaired) electrons. The molecule has 0 unspecified atom stereocenters. The molecule has 180 valence electrons. The lowest BCUT2D eigenvalue weighted by molar-refractivity contribution is -0.137. The number of nitrogens with one attached hydrogen (secondary N) is 1. The zero-order chi connectivity index (χ0) is 25.4. The number of amides is 1. The van der Waals surface area contributed by atoms with E-state index in [0.717, 1.165) is 12.1 Å². The second-order valence-electron chi connectivity index (χ2n) is 8.27. The number of halogens is 3. The van der Waals surface area contributed by atoms with Crippen molar-refractivity contribution in [2.24, 2.45) is 0 Å². The summed E-state index contributed by atoms with van der Waals surface area (Å²) in [7, 11) is 0. The van der Waals surface area contributed by atoms with E-state index in [2.05, 4.69) is 15.3 Å². The van der Waals surface area contributed by atoms with Gasteiger partial charge in [-0.2, -0.15) is 13.2 Å². The highest BCUT2D eigenvalue weighted by atomic mass is 19.4. The van der Waals surface area contributed by atoms with Crippen molar-refractivity contribution in [1.29, 1.82) is 0 Å². The van der Waals surface area contributed by atoms with Gasteiger partial charge >= 0.3 is 6.18 Å². The summed E-state index contributed by atoms with van der Waals surface area (Å²) in [6.45, 7) is 1.82. The minimum Gasteiger partial charge on any atom is -0.344 e. The maximum Gasteiger partial charge on any atom is 0.416 e. The first-order valence-corrected chi connectivity index (χ1v) is 11.1. The molecule has 0 spiro atoms. The summed E-state index contributed by atoms with van der Waals surface area (Å²) >= 11 is 0. The van der Waals surface area contributed by atoms with Crippen LogP contribution in [0.5, 0.6) is 0 Å². The van der Waals surface area contributed by atoms with Gasteiger partial charge in [-0.05, 0) is 67.6 Å². The monoisotopic (exact) mass is 488 g/mol. The molecule has 0 fully saturated rings. The van der Waals surface area contributed by atoms with Crippen LogP contribution >= 0.6 is 0 Å². The Morgan fingerprint density at radius 3 is 2.36 bits per heavy atom. The summed E-state index contributed by atoms with van der Waals surface area (Å²) in [4.78, 5) is 34.8. The third-order valence-corrected chi connectivity index (χ3v) is 5.94. The van der Waals surface area contributed by atoms with Gasteiger partial charge in [0.15, 0.2) is 0 Å². The van der Waals surface area contributed by atoms with Crippen LogP contribution in [-0.2, 0) is 6.18 Å². The molecular formula is C27H19F3N4O2. The molecule has 3 heterocycles. The van der Waals surface area contributed by atoms with E-state index in [1.54, 1.807) is 42.6 Å². The minimum absolute atomic E-state index is 0.143. The number of pyridine rings is 3. The van der Waals surface area contributed by atoms with Crippen LogP contribution < -0.4 is 10.9 Å². The van der Waals surface area contributed by atoms with Crippen LogP contribution in [-0.4, -0.2) is 20.4 Å². The van der Waals surface area contributed by atoms with Gasteiger partial charge in [0.2, 0.25) is 0 Å². The fourth-order valence-electron chi connectivity index (χ4n) is 4.14. The summed E-state index contributed by atoms with van der Waals surface area (Å²) in [6.07, 6.45) is -1.38. The van der Waals surface area contributed by atoms with Gasteiger partial charge in [-0.1, -0.05) is 12.1 Å². The highest BCUT2D eigenvalue weighted by Crippen LogP contribution is 2.31. The third kappa shape index (κ3) is 4.19. The first-order valence-electron chi connectivity index (χ1n) is 11.1. The lowest BCUT2D eigenvalue weighted by Gasteiger charge is -2.16. The highest BCUT2D eigenvalue weighted by molar-refractivity contribution is 6.08. The van der Waals surface area contributed by atoms with Crippen LogP contribution in [0, 0.1) is 0 Å². The molecule has 0 aliphatic heterocycles. The number of rotatable bonds is 4. The maximum absolute atomic E-state index is 13.3. The maximum atomic E-state index is 13.3. The summed E-state index contributed by atoms with van der Waals surface area (Å²) in [6, 6.07) is 17.7. The molecule has 0 bridgehead atoms. The molecule has 5 aromatic rings. The molecule has 0 saturated carbocycles. The molecule has 9 heteroatoms. The largest absolute Gasteiger partial charge is 0.416 e. The van der Waals surface area contributed by atoms with Crippen molar-refractivity contribution in [3.63, 3.8) is 0 Å². The molecule has 0 aliphatic rings. The number of hydrogen-bond donors (Lipinski definition) is 1. The number of aromatic nitrogens is 3. The SMILES string of the molecule is C[C@H](NC(=O)c1ccc2c(c1)c1cccnc1c(=O)n2-c1ccc(C(F)(F)F)cc1)c1ccccn1.